The molecule has 0 radical (unpaired) electrons. The van der Waals surface area contributed by atoms with Crippen molar-refractivity contribution >= 4 is 5.97 Å². The van der Waals surface area contributed by atoms with Crippen LogP contribution < -0.4 is 4.74 Å². The standard InChI is InChI=1S/C21H17NO4/c1-3-25-21(23)17-12-14(19-9-6-10-26-19)11-16(18(17)13-22)15-7-4-5-8-20(15)24-2/h4-12H,3H2,1-2H3. The highest BCUT2D eigenvalue weighted by Gasteiger charge is 2.21. The zero-order valence-corrected chi connectivity index (χ0v) is 14.5. The van der Waals surface area contributed by atoms with Gasteiger partial charge in [0, 0.05) is 16.7 Å². The molecule has 0 saturated heterocycles. The highest BCUT2D eigenvalue weighted by atomic mass is 16.5. The van der Waals surface area contributed by atoms with Gasteiger partial charge < -0.3 is 13.9 Å². The fourth-order valence-corrected chi connectivity index (χ4v) is 2.80. The lowest BCUT2D eigenvalue weighted by Gasteiger charge is -2.14. The molecule has 3 aromatic rings. The van der Waals surface area contributed by atoms with E-state index in [9.17, 15) is 10.1 Å². The van der Waals surface area contributed by atoms with Gasteiger partial charge in [0.1, 0.15) is 17.6 Å². The summed E-state index contributed by atoms with van der Waals surface area (Å²) in [4.78, 5) is 12.4. The predicted octanol–water partition coefficient (Wildman–Crippen LogP) is 4.67. The third-order valence-electron chi connectivity index (χ3n) is 3.95. The van der Waals surface area contributed by atoms with Gasteiger partial charge in [-0.2, -0.15) is 5.26 Å². The topological polar surface area (TPSA) is 72.5 Å². The molecular formula is C21H17NO4. The third-order valence-corrected chi connectivity index (χ3v) is 3.95. The van der Waals surface area contributed by atoms with E-state index in [0.29, 0.717) is 28.2 Å². The molecule has 0 bridgehead atoms. The van der Waals surface area contributed by atoms with E-state index in [1.807, 2.05) is 24.3 Å². The lowest BCUT2D eigenvalue weighted by Crippen LogP contribution is -2.08. The summed E-state index contributed by atoms with van der Waals surface area (Å²) in [5.74, 6) is 0.653. The van der Waals surface area contributed by atoms with Gasteiger partial charge in [0.2, 0.25) is 0 Å². The third kappa shape index (κ3) is 3.17. The van der Waals surface area contributed by atoms with Gasteiger partial charge in [0.25, 0.3) is 0 Å². The highest BCUT2D eigenvalue weighted by Crippen LogP contribution is 2.37. The van der Waals surface area contributed by atoms with Crippen LogP contribution in [-0.2, 0) is 4.74 Å². The van der Waals surface area contributed by atoms with Crippen molar-refractivity contribution in [2.24, 2.45) is 0 Å². The van der Waals surface area contributed by atoms with E-state index in [2.05, 4.69) is 6.07 Å². The van der Waals surface area contributed by atoms with Crippen LogP contribution in [0.25, 0.3) is 22.5 Å². The van der Waals surface area contributed by atoms with E-state index in [1.165, 1.54) is 0 Å². The maximum atomic E-state index is 12.4. The Bertz CT molecular complexity index is 968. The Morgan fingerprint density at radius 2 is 1.96 bits per heavy atom. The van der Waals surface area contributed by atoms with E-state index in [4.69, 9.17) is 13.9 Å². The molecule has 0 saturated carbocycles. The average molecular weight is 347 g/mol. The number of para-hydroxylation sites is 1. The average Bonchev–Trinajstić information content (AvgIpc) is 3.21. The van der Waals surface area contributed by atoms with Gasteiger partial charge in [-0.1, -0.05) is 18.2 Å². The van der Waals surface area contributed by atoms with Gasteiger partial charge in [-0.05, 0) is 37.3 Å². The Balaban J connectivity index is 2.31. The highest BCUT2D eigenvalue weighted by molar-refractivity contribution is 5.97. The molecule has 0 aliphatic heterocycles. The number of benzene rings is 2. The second-order valence-corrected chi connectivity index (χ2v) is 5.46. The largest absolute Gasteiger partial charge is 0.496 e. The number of carbonyl (C=O) groups is 1. The van der Waals surface area contributed by atoms with Crippen molar-refractivity contribution in [3.63, 3.8) is 0 Å². The Hall–Kier alpha value is -3.52. The Morgan fingerprint density at radius 1 is 1.15 bits per heavy atom. The number of methoxy groups -OCH3 is 1. The molecule has 1 heterocycles. The number of furan rings is 1. The van der Waals surface area contributed by atoms with Gasteiger partial charge >= 0.3 is 5.97 Å². The summed E-state index contributed by atoms with van der Waals surface area (Å²) in [6.07, 6.45) is 1.56. The van der Waals surface area contributed by atoms with Crippen LogP contribution in [0.5, 0.6) is 5.75 Å². The summed E-state index contributed by atoms with van der Waals surface area (Å²) in [5, 5.41) is 9.74. The van der Waals surface area contributed by atoms with Crippen molar-refractivity contribution in [3.05, 3.63) is 65.9 Å². The van der Waals surface area contributed by atoms with E-state index >= 15 is 0 Å². The van der Waals surface area contributed by atoms with E-state index < -0.39 is 5.97 Å². The van der Waals surface area contributed by atoms with E-state index in [1.54, 1.807) is 44.6 Å². The molecule has 0 aliphatic carbocycles. The molecule has 130 valence electrons. The van der Waals surface area contributed by atoms with Crippen LogP contribution >= 0.6 is 0 Å². The molecule has 1 aromatic heterocycles. The molecule has 0 fully saturated rings. The number of nitriles is 1. The minimum Gasteiger partial charge on any atom is -0.496 e. The number of rotatable bonds is 5. The van der Waals surface area contributed by atoms with Crippen LogP contribution in [0.4, 0.5) is 0 Å². The molecule has 3 rings (SSSR count). The zero-order valence-electron chi connectivity index (χ0n) is 14.5. The molecule has 0 atom stereocenters. The van der Waals surface area contributed by atoms with Crippen LogP contribution in [-0.4, -0.2) is 19.7 Å². The number of hydrogen-bond acceptors (Lipinski definition) is 5. The zero-order chi connectivity index (χ0) is 18.5. The van der Waals surface area contributed by atoms with Crippen molar-refractivity contribution in [2.75, 3.05) is 13.7 Å². The second kappa shape index (κ2) is 7.58. The van der Waals surface area contributed by atoms with Crippen LogP contribution in [0.1, 0.15) is 22.8 Å². The monoisotopic (exact) mass is 347 g/mol. The van der Waals surface area contributed by atoms with Crippen molar-refractivity contribution in [1.82, 2.24) is 0 Å². The van der Waals surface area contributed by atoms with Crippen molar-refractivity contribution in [1.29, 1.82) is 5.26 Å². The quantitative estimate of drug-likeness (QED) is 0.627. The van der Waals surface area contributed by atoms with Crippen LogP contribution in [0.3, 0.4) is 0 Å². The SMILES string of the molecule is CCOC(=O)c1cc(-c2ccco2)cc(-c2ccccc2OC)c1C#N. The number of nitrogens with zero attached hydrogens (tertiary/aromatic N) is 1. The summed E-state index contributed by atoms with van der Waals surface area (Å²) < 4.78 is 16.0. The number of ether oxygens (including phenoxy) is 2. The maximum Gasteiger partial charge on any atom is 0.339 e. The van der Waals surface area contributed by atoms with Gasteiger partial charge in [0.15, 0.2) is 0 Å². The van der Waals surface area contributed by atoms with Crippen LogP contribution in [0.2, 0.25) is 0 Å². The molecule has 2 aromatic carbocycles. The second-order valence-electron chi connectivity index (χ2n) is 5.46. The van der Waals surface area contributed by atoms with Gasteiger partial charge in [0.05, 0.1) is 31.1 Å². The first-order chi connectivity index (χ1) is 12.7. The van der Waals surface area contributed by atoms with Gasteiger partial charge in [-0.3, -0.25) is 0 Å². The molecular weight excluding hydrogens is 330 g/mol. The number of carbonyl (C=O) groups excluding carboxylic acids is 1. The molecule has 0 unspecified atom stereocenters. The fourth-order valence-electron chi connectivity index (χ4n) is 2.80. The van der Waals surface area contributed by atoms with Gasteiger partial charge in [-0.25, -0.2) is 4.79 Å². The normalized spacial score (nSPS) is 10.2. The molecule has 0 N–H and O–H groups in total. The molecule has 5 heteroatoms. The molecule has 0 amide bonds. The van der Waals surface area contributed by atoms with Crippen molar-refractivity contribution in [2.45, 2.75) is 6.92 Å². The van der Waals surface area contributed by atoms with E-state index in [0.717, 1.165) is 0 Å². The van der Waals surface area contributed by atoms with Crippen molar-refractivity contribution < 1.29 is 18.7 Å². The predicted molar refractivity (Wildman–Crippen MR) is 96.8 cm³/mol. The minimum absolute atomic E-state index is 0.198. The first-order valence-corrected chi connectivity index (χ1v) is 8.12. The first kappa shape index (κ1) is 17.3. The smallest absolute Gasteiger partial charge is 0.339 e. The molecule has 5 nitrogen and oxygen atoms in total. The lowest BCUT2D eigenvalue weighted by molar-refractivity contribution is 0.0526. The summed E-state index contributed by atoms with van der Waals surface area (Å²) in [6, 6.07) is 16.5. The van der Waals surface area contributed by atoms with Crippen molar-refractivity contribution in [3.8, 4) is 34.3 Å². The summed E-state index contributed by atoms with van der Waals surface area (Å²) in [6.45, 7) is 1.94. The number of hydrogen-bond donors (Lipinski definition) is 0. The summed E-state index contributed by atoms with van der Waals surface area (Å²) in [7, 11) is 1.56. The Morgan fingerprint density at radius 3 is 2.62 bits per heavy atom. The maximum absolute atomic E-state index is 12.4. The molecule has 0 aliphatic rings. The minimum atomic E-state index is -0.548. The number of esters is 1. The van der Waals surface area contributed by atoms with Crippen LogP contribution in [0.15, 0.2) is 59.2 Å². The summed E-state index contributed by atoms with van der Waals surface area (Å²) in [5.41, 5.74) is 2.41. The summed E-state index contributed by atoms with van der Waals surface area (Å²) >= 11 is 0. The molecule has 0 spiro atoms. The first-order valence-electron chi connectivity index (χ1n) is 8.12. The lowest BCUT2D eigenvalue weighted by atomic mass is 9.92. The molecule has 26 heavy (non-hydrogen) atoms. The Kier molecular flexibility index (Phi) is 5.04. The van der Waals surface area contributed by atoms with Gasteiger partial charge in [-0.15, -0.1) is 0 Å². The van der Waals surface area contributed by atoms with E-state index in [-0.39, 0.29) is 17.7 Å². The fraction of sp³-hybridized carbons (Fsp3) is 0.143. The Labute approximate surface area is 151 Å². The van der Waals surface area contributed by atoms with Crippen LogP contribution in [0, 0.1) is 11.3 Å².